The van der Waals surface area contributed by atoms with Crippen molar-refractivity contribution in [2.24, 2.45) is 16.6 Å². The van der Waals surface area contributed by atoms with E-state index in [4.69, 9.17) is 21.0 Å². The number of hydrogen-bond acceptors (Lipinski definition) is 3. The molecule has 5 nitrogen and oxygen atoms in total. The van der Waals surface area contributed by atoms with E-state index in [1.165, 1.54) is 12.1 Å². The molecule has 1 aromatic carbocycles. The van der Waals surface area contributed by atoms with E-state index in [1.807, 2.05) is 0 Å². The van der Waals surface area contributed by atoms with E-state index < -0.39 is 0 Å². The zero-order chi connectivity index (χ0) is 11.8. The van der Waals surface area contributed by atoms with Crippen LogP contribution in [0.2, 0.25) is 0 Å². The molecule has 16 heavy (non-hydrogen) atoms. The molecule has 0 aliphatic carbocycles. The van der Waals surface area contributed by atoms with Crippen LogP contribution in [0.1, 0.15) is 6.42 Å². The molecule has 0 aliphatic rings. The third kappa shape index (κ3) is 5.04. The summed E-state index contributed by atoms with van der Waals surface area (Å²) in [5.41, 5.74) is 10.1. The Bertz CT molecular complexity index is 336. The number of halogens is 1. The van der Waals surface area contributed by atoms with E-state index in [0.717, 1.165) is 0 Å². The van der Waals surface area contributed by atoms with Crippen LogP contribution in [-0.2, 0) is 4.84 Å². The Morgan fingerprint density at radius 3 is 2.50 bits per heavy atom. The van der Waals surface area contributed by atoms with Crippen LogP contribution in [0, 0.1) is 5.82 Å². The molecule has 0 heterocycles. The molecule has 0 saturated heterocycles. The van der Waals surface area contributed by atoms with Gasteiger partial charge in [-0.2, -0.15) is 0 Å². The monoisotopic (exact) mass is 227 g/mol. The van der Waals surface area contributed by atoms with Crippen LogP contribution in [0.4, 0.5) is 4.39 Å². The highest BCUT2D eigenvalue weighted by Gasteiger charge is 1.94. The van der Waals surface area contributed by atoms with Crippen molar-refractivity contribution >= 4 is 5.96 Å². The lowest BCUT2D eigenvalue weighted by atomic mass is 10.3. The molecule has 0 amide bonds. The van der Waals surface area contributed by atoms with E-state index in [1.54, 1.807) is 12.1 Å². The number of rotatable bonds is 6. The summed E-state index contributed by atoms with van der Waals surface area (Å²) in [7, 11) is 0. The Hall–Kier alpha value is -1.98. The third-order valence-electron chi connectivity index (χ3n) is 1.63. The van der Waals surface area contributed by atoms with E-state index in [9.17, 15) is 4.39 Å². The molecule has 4 N–H and O–H groups in total. The van der Waals surface area contributed by atoms with Gasteiger partial charge in [-0.1, -0.05) is 0 Å². The minimum Gasteiger partial charge on any atom is -0.493 e. The van der Waals surface area contributed by atoms with Crippen LogP contribution >= 0.6 is 0 Å². The van der Waals surface area contributed by atoms with Gasteiger partial charge in [-0.05, 0) is 29.4 Å². The number of ether oxygens (including phenoxy) is 1. The van der Waals surface area contributed by atoms with E-state index in [0.29, 0.717) is 25.4 Å². The Labute approximate surface area is 92.8 Å². The highest BCUT2D eigenvalue weighted by atomic mass is 19.1. The van der Waals surface area contributed by atoms with Crippen LogP contribution in [-0.4, -0.2) is 19.2 Å². The van der Waals surface area contributed by atoms with Crippen molar-refractivity contribution in [3.8, 4) is 5.75 Å². The molecular formula is C10H14FN3O2. The largest absolute Gasteiger partial charge is 0.493 e. The number of oxime groups is 1. The summed E-state index contributed by atoms with van der Waals surface area (Å²) in [6.45, 7) is 0.810. The number of nitrogens with two attached hydrogens (primary N) is 2. The van der Waals surface area contributed by atoms with Gasteiger partial charge in [-0.25, -0.2) is 4.39 Å². The average Bonchev–Trinajstić information content (AvgIpc) is 2.25. The number of nitrogens with zero attached hydrogens (tertiary/aromatic N) is 1. The SMILES string of the molecule is NC(N)=NOCCCOc1ccc(F)cc1. The molecule has 0 atom stereocenters. The van der Waals surface area contributed by atoms with Gasteiger partial charge in [0.05, 0.1) is 6.61 Å². The molecule has 0 aliphatic heterocycles. The number of guanidine groups is 1. The summed E-state index contributed by atoms with van der Waals surface area (Å²) >= 11 is 0. The van der Waals surface area contributed by atoms with Crippen LogP contribution in [0.5, 0.6) is 5.75 Å². The summed E-state index contributed by atoms with van der Waals surface area (Å²) < 4.78 is 17.8. The highest BCUT2D eigenvalue weighted by molar-refractivity contribution is 5.74. The van der Waals surface area contributed by atoms with Gasteiger partial charge < -0.3 is 21.0 Å². The lowest BCUT2D eigenvalue weighted by Crippen LogP contribution is -2.23. The van der Waals surface area contributed by atoms with Gasteiger partial charge in [0.2, 0.25) is 5.96 Å². The van der Waals surface area contributed by atoms with Crippen molar-refractivity contribution in [3.05, 3.63) is 30.1 Å². The Kier molecular flexibility index (Phi) is 4.91. The second-order valence-corrected chi connectivity index (χ2v) is 3.01. The molecule has 1 rings (SSSR count). The van der Waals surface area contributed by atoms with Crippen LogP contribution in [0.3, 0.4) is 0 Å². The average molecular weight is 227 g/mol. The normalized spacial score (nSPS) is 9.56. The molecular weight excluding hydrogens is 213 g/mol. The third-order valence-corrected chi connectivity index (χ3v) is 1.63. The Morgan fingerprint density at radius 1 is 1.19 bits per heavy atom. The van der Waals surface area contributed by atoms with Gasteiger partial charge in [0, 0.05) is 6.42 Å². The Balaban J connectivity index is 2.12. The van der Waals surface area contributed by atoms with Gasteiger partial charge in [-0.3, -0.25) is 0 Å². The fourth-order valence-electron chi connectivity index (χ4n) is 0.964. The van der Waals surface area contributed by atoms with Crippen molar-refractivity contribution in [2.75, 3.05) is 13.2 Å². The molecule has 1 aromatic rings. The summed E-state index contributed by atoms with van der Waals surface area (Å²) in [5.74, 6) is 0.214. The zero-order valence-corrected chi connectivity index (χ0v) is 8.73. The second kappa shape index (κ2) is 6.49. The van der Waals surface area contributed by atoms with E-state index >= 15 is 0 Å². The smallest absolute Gasteiger partial charge is 0.228 e. The lowest BCUT2D eigenvalue weighted by Gasteiger charge is -2.05. The molecule has 0 spiro atoms. The molecule has 6 heteroatoms. The predicted molar refractivity (Wildman–Crippen MR) is 58.3 cm³/mol. The number of hydrogen-bond donors (Lipinski definition) is 2. The summed E-state index contributed by atoms with van der Waals surface area (Å²) in [6.07, 6.45) is 0.633. The predicted octanol–water partition coefficient (Wildman–Crippen LogP) is 0.800. The molecule has 0 fully saturated rings. The van der Waals surface area contributed by atoms with Crippen molar-refractivity contribution in [1.82, 2.24) is 0 Å². The zero-order valence-electron chi connectivity index (χ0n) is 8.73. The van der Waals surface area contributed by atoms with E-state index in [2.05, 4.69) is 5.16 Å². The fraction of sp³-hybridized carbons (Fsp3) is 0.300. The van der Waals surface area contributed by atoms with Crippen LogP contribution in [0.15, 0.2) is 29.4 Å². The standard InChI is InChI=1S/C10H14FN3O2/c11-8-2-4-9(5-3-8)15-6-1-7-16-14-10(12)13/h2-5H,1,6-7H2,(H4,12,13,14). The minimum absolute atomic E-state index is 0.112. The van der Waals surface area contributed by atoms with E-state index in [-0.39, 0.29) is 11.8 Å². The van der Waals surface area contributed by atoms with Gasteiger partial charge in [0.15, 0.2) is 0 Å². The Morgan fingerprint density at radius 2 is 1.88 bits per heavy atom. The van der Waals surface area contributed by atoms with Crippen molar-refractivity contribution < 1.29 is 14.0 Å². The van der Waals surface area contributed by atoms with Crippen LogP contribution < -0.4 is 16.2 Å². The van der Waals surface area contributed by atoms with Gasteiger partial charge in [0.25, 0.3) is 0 Å². The first kappa shape index (κ1) is 12.1. The van der Waals surface area contributed by atoms with Crippen LogP contribution in [0.25, 0.3) is 0 Å². The maximum Gasteiger partial charge on any atom is 0.228 e. The topological polar surface area (TPSA) is 82.9 Å². The molecule has 0 bridgehead atoms. The fourth-order valence-corrected chi connectivity index (χ4v) is 0.964. The molecule has 0 radical (unpaired) electrons. The first-order chi connectivity index (χ1) is 7.68. The molecule has 0 aromatic heterocycles. The summed E-state index contributed by atoms with van der Waals surface area (Å²) in [6, 6.07) is 5.80. The number of benzene rings is 1. The maximum absolute atomic E-state index is 12.5. The quantitative estimate of drug-likeness (QED) is 0.326. The maximum atomic E-state index is 12.5. The minimum atomic E-state index is -0.288. The van der Waals surface area contributed by atoms with Crippen molar-refractivity contribution in [2.45, 2.75) is 6.42 Å². The summed E-state index contributed by atoms with van der Waals surface area (Å²) in [5, 5.41) is 3.35. The van der Waals surface area contributed by atoms with Gasteiger partial charge >= 0.3 is 0 Å². The summed E-state index contributed by atoms with van der Waals surface area (Å²) in [4.78, 5) is 4.75. The second-order valence-electron chi connectivity index (χ2n) is 3.01. The van der Waals surface area contributed by atoms with Gasteiger partial charge in [-0.15, -0.1) is 0 Å². The molecule has 0 saturated carbocycles. The molecule has 88 valence electrons. The van der Waals surface area contributed by atoms with Crippen molar-refractivity contribution in [3.63, 3.8) is 0 Å². The first-order valence-electron chi connectivity index (χ1n) is 4.78. The lowest BCUT2D eigenvalue weighted by molar-refractivity contribution is 0.127. The van der Waals surface area contributed by atoms with Gasteiger partial charge in [0.1, 0.15) is 18.2 Å². The first-order valence-corrected chi connectivity index (χ1v) is 4.78. The molecule has 0 unspecified atom stereocenters. The highest BCUT2D eigenvalue weighted by Crippen LogP contribution is 2.10. The van der Waals surface area contributed by atoms with Crippen molar-refractivity contribution in [1.29, 1.82) is 0 Å².